The molecule has 105 heavy (non-hydrogen) atoms. The maximum Gasteiger partial charge on any atom is 0.472 e. The van der Waals surface area contributed by atoms with Crippen molar-refractivity contribution in [3.8, 4) is 0 Å². The number of esters is 4. The van der Waals surface area contributed by atoms with Crippen LogP contribution < -0.4 is 0 Å². The van der Waals surface area contributed by atoms with E-state index in [2.05, 4.69) is 72.8 Å². The number of phosphoric acid groups is 2. The van der Waals surface area contributed by atoms with E-state index in [1.807, 2.05) is 0 Å². The second-order valence-electron chi connectivity index (χ2n) is 31.4. The van der Waals surface area contributed by atoms with Crippen molar-refractivity contribution in [3.63, 3.8) is 0 Å². The molecule has 0 bridgehead atoms. The molecule has 0 aliphatic rings. The van der Waals surface area contributed by atoms with Gasteiger partial charge in [0.15, 0.2) is 12.2 Å². The first kappa shape index (κ1) is 103. The molecule has 3 N–H and O–H groups in total. The van der Waals surface area contributed by atoms with Gasteiger partial charge in [-0.05, 0) is 69.1 Å². The van der Waals surface area contributed by atoms with E-state index in [1.165, 1.54) is 218 Å². The Morgan fingerprint density at radius 2 is 0.562 bits per heavy atom. The summed E-state index contributed by atoms with van der Waals surface area (Å²) in [6.07, 6.45) is 68.8. The highest BCUT2D eigenvalue weighted by Crippen LogP contribution is 2.45. The summed E-state index contributed by atoms with van der Waals surface area (Å²) in [4.78, 5) is 73.2. The molecule has 0 aliphatic heterocycles. The quantitative estimate of drug-likeness (QED) is 0.0169. The molecule has 0 aromatic carbocycles. The van der Waals surface area contributed by atoms with Crippen molar-refractivity contribution in [2.75, 3.05) is 39.6 Å². The monoisotopic (exact) mass is 1530 g/mol. The summed E-state index contributed by atoms with van der Waals surface area (Å²) >= 11 is 0. The number of hydrogen-bond donors (Lipinski definition) is 3. The predicted molar refractivity (Wildman–Crippen MR) is 432 cm³/mol. The Hall–Kier alpha value is -2.46. The van der Waals surface area contributed by atoms with Crippen LogP contribution in [0.4, 0.5) is 0 Å². The van der Waals surface area contributed by atoms with E-state index in [0.717, 1.165) is 127 Å². The molecule has 0 aromatic rings. The van der Waals surface area contributed by atoms with Crippen molar-refractivity contribution in [3.05, 3.63) is 24.3 Å². The second-order valence-corrected chi connectivity index (χ2v) is 34.3. The Labute approximate surface area is 643 Å². The van der Waals surface area contributed by atoms with Gasteiger partial charge in [-0.2, -0.15) is 0 Å². The lowest BCUT2D eigenvalue weighted by Gasteiger charge is -2.21. The van der Waals surface area contributed by atoms with Crippen LogP contribution >= 0.6 is 15.6 Å². The lowest BCUT2D eigenvalue weighted by molar-refractivity contribution is -0.161. The van der Waals surface area contributed by atoms with Gasteiger partial charge in [0.05, 0.1) is 26.4 Å². The van der Waals surface area contributed by atoms with Crippen molar-refractivity contribution < 1.29 is 80.2 Å². The lowest BCUT2D eigenvalue weighted by atomic mass is 9.99. The molecule has 0 aromatic heterocycles. The van der Waals surface area contributed by atoms with Crippen LogP contribution in [-0.4, -0.2) is 96.7 Å². The minimum Gasteiger partial charge on any atom is -0.462 e. The molecule has 17 nitrogen and oxygen atoms in total. The minimum atomic E-state index is -4.97. The van der Waals surface area contributed by atoms with E-state index in [0.29, 0.717) is 25.7 Å². The molecule has 0 amide bonds. The van der Waals surface area contributed by atoms with E-state index in [9.17, 15) is 43.2 Å². The van der Waals surface area contributed by atoms with E-state index in [4.69, 9.17) is 37.0 Å². The van der Waals surface area contributed by atoms with Gasteiger partial charge in [-0.25, -0.2) is 9.13 Å². The molecule has 0 spiro atoms. The average molecular weight is 1530 g/mol. The molecule has 0 saturated heterocycles. The van der Waals surface area contributed by atoms with Crippen LogP contribution in [0.15, 0.2) is 24.3 Å². The van der Waals surface area contributed by atoms with Gasteiger partial charge >= 0.3 is 39.5 Å². The summed E-state index contributed by atoms with van der Waals surface area (Å²) in [6, 6.07) is 0. The number of carbonyl (C=O) groups is 4. The van der Waals surface area contributed by atoms with Crippen molar-refractivity contribution in [1.82, 2.24) is 0 Å². The SMILES string of the molecule is CCCCCC/C=C\C=C/CCCCCCCC(=O)O[C@H](COC(=O)CCCCCCCCCCC(C)C)COP(=O)(O)OC[C@H](O)COP(=O)(O)OC[C@@H](COC(=O)CCCCCCCCCCCCCCCCC(C)CC)OC(=O)CCCCCCCCCCCCCCCCCCCCC(C)C. The number of allylic oxidation sites excluding steroid dienone is 4. The van der Waals surface area contributed by atoms with Gasteiger partial charge in [-0.15, -0.1) is 0 Å². The third-order valence-electron chi connectivity index (χ3n) is 19.9. The molecule has 19 heteroatoms. The summed E-state index contributed by atoms with van der Waals surface area (Å²) in [7, 11) is -9.94. The molecular weight excluding hydrogens is 1370 g/mol. The van der Waals surface area contributed by atoms with Gasteiger partial charge in [0, 0.05) is 25.7 Å². The van der Waals surface area contributed by atoms with E-state index < -0.39 is 97.5 Å². The van der Waals surface area contributed by atoms with Gasteiger partial charge in [0.1, 0.15) is 19.3 Å². The Morgan fingerprint density at radius 1 is 0.314 bits per heavy atom. The number of hydrogen-bond acceptors (Lipinski definition) is 15. The third-order valence-corrected chi connectivity index (χ3v) is 21.8. The number of aliphatic hydroxyl groups is 1. The summed E-state index contributed by atoms with van der Waals surface area (Å²) in [5.74, 6) is 0.255. The Kier molecular flexibility index (Phi) is 73.8. The topological polar surface area (TPSA) is 237 Å². The normalized spacial score (nSPS) is 14.3. The summed E-state index contributed by atoms with van der Waals surface area (Å²) in [5.41, 5.74) is 0. The van der Waals surface area contributed by atoms with Gasteiger partial charge in [-0.3, -0.25) is 37.3 Å². The summed E-state index contributed by atoms with van der Waals surface area (Å²) in [6.45, 7) is 12.0. The molecular formula is C86H164O17P2. The van der Waals surface area contributed by atoms with Crippen molar-refractivity contribution in [2.24, 2.45) is 17.8 Å². The fourth-order valence-electron chi connectivity index (χ4n) is 12.8. The van der Waals surface area contributed by atoms with Crippen LogP contribution in [0.25, 0.3) is 0 Å². The van der Waals surface area contributed by atoms with Crippen LogP contribution in [-0.2, 0) is 65.4 Å². The standard InChI is InChI=1S/C86H164O17P2/c1-8-10-11-12-13-14-15-16-21-29-34-39-48-55-62-69-86(91)103-82(74-97-84(89)68-61-54-47-42-41-44-51-58-65-78(5)6)76-101-105(94,95)99-72-80(87)71-98-104(92,93)100-75-81(73-96-83(88)67-60-53-46-38-33-28-25-24-27-32-37-45-52-59-66-79(7)9-2)102-85(90)70-63-56-49-40-35-30-23-20-18-17-19-22-26-31-36-43-50-57-64-77(3)4/h14-16,21,77-82,87H,8-13,17-20,22-76H2,1-7H3,(H,92,93)(H,94,95)/b15-14-,21-16-/t79?,80-,81-,82-/m1/s1. The molecule has 6 atom stereocenters. The highest BCUT2D eigenvalue weighted by Gasteiger charge is 2.30. The minimum absolute atomic E-state index is 0.0845. The van der Waals surface area contributed by atoms with Crippen LogP contribution in [0, 0.1) is 17.8 Å². The van der Waals surface area contributed by atoms with Crippen molar-refractivity contribution >= 4 is 39.5 Å². The smallest absolute Gasteiger partial charge is 0.462 e. The van der Waals surface area contributed by atoms with E-state index >= 15 is 0 Å². The van der Waals surface area contributed by atoms with Crippen molar-refractivity contribution in [2.45, 2.75) is 446 Å². The number of ether oxygens (including phenoxy) is 4. The number of unbranched alkanes of at least 4 members (excludes halogenated alkanes) is 46. The van der Waals surface area contributed by atoms with Gasteiger partial charge in [-0.1, -0.05) is 375 Å². The summed E-state index contributed by atoms with van der Waals surface area (Å²) in [5, 5.41) is 10.7. The highest BCUT2D eigenvalue weighted by molar-refractivity contribution is 7.47. The first-order valence-electron chi connectivity index (χ1n) is 43.7. The van der Waals surface area contributed by atoms with Crippen LogP contribution in [0.1, 0.15) is 427 Å². The van der Waals surface area contributed by atoms with Crippen LogP contribution in [0.5, 0.6) is 0 Å². The van der Waals surface area contributed by atoms with E-state index in [1.54, 1.807) is 0 Å². The molecule has 3 unspecified atom stereocenters. The van der Waals surface area contributed by atoms with Gasteiger partial charge < -0.3 is 33.8 Å². The van der Waals surface area contributed by atoms with Crippen LogP contribution in [0.2, 0.25) is 0 Å². The zero-order chi connectivity index (χ0) is 77.2. The molecule has 0 radical (unpaired) electrons. The molecule has 0 rings (SSSR count). The largest absolute Gasteiger partial charge is 0.472 e. The third kappa shape index (κ3) is 78.0. The zero-order valence-electron chi connectivity index (χ0n) is 68.7. The second kappa shape index (κ2) is 75.6. The maximum atomic E-state index is 13.1. The number of phosphoric ester groups is 2. The Bertz CT molecular complexity index is 2120. The molecule has 620 valence electrons. The van der Waals surface area contributed by atoms with Crippen LogP contribution in [0.3, 0.4) is 0 Å². The fraction of sp³-hybridized carbons (Fsp3) is 0.907. The molecule has 0 saturated carbocycles. The lowest BCUT2D eigenvalue weighted by Crippen LogP contribution is -2.30. The zero-order valence-corrected chi connectivity index (χ0v) is 70.5. The first-order chi connectivity index (χ1) is 50.8. The number of rotatable bonds is 82. The van der Waals surface area contributed by atoms with Gasteiger partial charge in [0.2, 0.25) is 0 Å². The molecule has 0 heterocycles. The molecule has 0 aliphatic carbocycles. The highest BCUT2D eigenvalue weighted by atomic mass is 31.2. The van der Waals surface area contributed by atoms with Crippen molar-refractivity contribution in [1.29, 1.82) is 0 Å². The predicted octanol–water partition coefficient (Wildman–Crippen LogP) is 25.6. The fourth-order valence-corrected chi connectivity index (χ4v) is 14.4. The van der Waals surface area contributed by atoms with E-state index in [-0.39, 0.29) is 25.7 Å². The number of aliphatic hydroxyl groups excluding tert-OH is 1. The van der Waals surface area contributed by atoms with Gasteiger partial charge in [0.25, 0.3) is 0 Å². The summed E-state index contributed by atoms with van der Waals surface area (Å²) < 4.78 is 68.8. The Balaban J connectivity index is 5.27. The first-order valence-corrected chi connectivity index (χ1v) is 46.7. The maximum absolute atomic E-state index is 13.1. The Morgan fingerprint density at radius 3 is 0.848 bits per heavy atom. The number of carbonyl (C=O) groups excluding carboxylic acids is 4. The molecule has 0 fully saturated rings. The average Bonchev–Trinajstić information content (AvgIpc) is 0.910.